The zero-order valence-electron chi connectivity index (χ0n) is 19.3. The van der Waals surface area contributed by atoms with Gasteiger partial charge in [-0.15, -0.1) is 10.2 Å². The van der Waals surface area contributed by atoms with E-state index in [1.165, 1.54) is 16.3 Å². The summed E-state index contributed by atoms with van der Waals surface area (Å²) in [5, 5.41) is 10.1. The summed E-state index contributed by atoms with van der Waals surface area (Å²) in [7, 11) is 0. The van der Waals surface area contributed by atoms with Gasteiger partial charge in [0.2, 0.25) is 11.9 Å². The van der Waals surface area contributed by atoms with Gasteiger partial charge >= 0.3 is 0 Å². The Labute approximate surface area is 205 Å². The summed E-state index contributed by atoms with van der Waals surface area (Å²) in [5.41, 5.74) is 7.78. The molecule has 0 saturated carbocycles. The first-order valence-electron chi connectivity index (χ1n) is 11.3. The minimum atomic E-state index is -0.604. The average Bonchev–Trinajstić information content (AvgIpc) is 3.29. The molecule has 0 aliphatic carbocycles. The number of amides is 1. The molecule has 0 spiro atoms. The van der Waals surface area contributed by atoms with Crippen molar-refractivity contribution in [3.63, 3.8) is 0 Å². The molecule has 1 saturated heterocycles. The van der Waals surface area contributed by atoms with E-state index in [0.29, 0.717) is 40.9 Å². The fraction of sp³-hybridized carbons (Fsp3) is 0.292. The van der Waals surface area contributed by atoms with Gasteiger partial charge < -0.3 is 15.4 Å². The molecule has 0 radical (unpaired) electrons. The van der Waals surface area contributed by atoms with Crippen LogP contribution in [0.4, 0.5) is 5.95 Å². The molecule has 1 aliphatic heterocycles. The third-order valence-electron chi connectivity index (χ3n) is 5.85. The number of carbonyl (C=O) groups excluding carboxylic acids is 1. The second-order valence-electron chi connectivity index (χ2n) is 8.20. The number of thioether (sulfide) groups is 1. The van der Waals surface area contributed by atoms with E-state index in [2.05, 4.69) is 20.1 Å². The second-order valence-corrected chi connectivity index (χ2v) is 9.14. The highest BCUT2D eigenvalue weighted by Gasteiger charge is 2.23. The third kappa shape index (κ3) is 4.64. The maximum atomic E-state index is 13.1. The molecule has 0 unspecified atom stereocenters. The van der Waals surface area contributed by atoms with Crippen molar-refractivity contribution in [2.45, 2.75) is 24.4 Å². The van der Waals surface area contributed by atoms with Crippen molar-refractivity contribution in [2.24, 2.45) is 5.73 Å². The Morgan fingerprint density at radius 3 is 2.60 bits per heavy atom. The summed E-state index contributed by atoms with van der Waals surface area (Å²) in [4.78, 5) is 31.6. The van der Waals surface area contributed by atoms with E-state index in [-0.39, 0.29) is 12.1 Å². The number of hydrogen-bond donors (Lipinski definition) is 1. The molecule has 3 heterocycles. The van der Waals surface area contributed by atoms with Crippen LogP contribution >= 0.6 is 11.8 Å². The molecule has 2 aromatic carbocycles. The number of nitrogens with zero attached hydrogens (tertiary/aromatic N) is 6. The molecule has 4 aromatic rings. The van der Waals surface area contributed by atoms with Gasteiger partial charge in [-0.25, -0.2) is 4.98 Å². The monoisotopic (exact) mass is 491 g/mol. The summed E-state index contributed by atoms with van der Waals surface area (Å²) < 4.78 is 8.88. The van der Waals surface area contributed by atoms with Gasteiger partial charge in [0, 0.05) is 13.1 Å². The van der Waals surface area contributed by atoms with E-state index in [9.17, 15) is 9.59 Å². The summed E-state index contributed by atoms with van der Waals surface area (Å²) in [6, 6.07) is 15.1. The Morgan fingerprint density at radius 2 is 1.83 bits per heavy atom. The number of carbonyl (C=O) groups is 1. The van der Waals surface area contributed by atoms with Crippen LogP contribution in [0.2, 0.25) is 0 Å². The number of primary amides is 1. The minimum Gasteiger partial charge on any atom is -0.378 e. The number of nitrogens with two attached hydrogens (primary N) is 1. The Balaban J connectivity index is 1.55. The minimum absolute atomic E-state index is 0.240. The fourth-order valence-corrected chi connectivity index (χ4v) is 5.01. The molecule has 10 nitrogen and oxygen atoms in total. The van der Waals surface area contributed by atoms with Crippen LogP contribution in [0.3, 0.4) is 0 Å². The largest absolute Gasteiger partial charge is 0.378 e. The number of morpholine rings is 1. The number of anilines is 1. The summed E-state index contributed by atoms with van der Waals surface area (Å²) >= 11 is 1.40. The first-order chi connectivity index (χ1) is 17.0. The second kappa shape index (κ2) is 9.88. The molecular formula is C24H25N7O3S. The standard InChI is InChI=1S/C24H25N7O3S/c1-16-6-2-5-9-19(16)31-23(29-10-12-34-13-11-29)27-28-24(31)35-15-21-26-18-8-4-3-7-17(18)22(33)30(21)14-20(25)32/h2-9H,10-15H2,1H3,(H2,25,32). The molecule has 1 fully saturated rings. The lowest BCUT2D eigenvalue weighted by atomic mass is 10.2. The molecule has 0 bridgehead atoms. The van der Waals surface area contributed by atoms with Gasteiger partial charge in [-0.3, -0.25) is 18.7 Å². The zero-order chi connectivity index (χ0) is 24.4. The highest BCUT2D eigenvalue weighted by atomic mass is 32.2. The van der Waals surface area contributed by atoms with Gasteiger partial charge in [0.25, 0.3) is 5.56 Å². The number of ether oxygens (including phenoxy) is 1. The van der Waals surface area contributed by atoms with Crippen molar-refractivity contribution in [2.75, 3.05) is 31.2 Å². The smallest absolute Gasteiger partial charge is 0.261 e. The molecular weight excluding hydrogens is 466 g/mol. The van der Waals surface area contributed by atoms with E-state index in [1.54, 1.807) is 18.2 Å². The van der Waals surface area contributed by atoms with Gasteiger partial charge in [-0.2, -0.15) is 0 Å². The van der Waals surface area contributed by atoms with Crippen molar-refractivity contribution in [3.8, 4) is 5.69 Å². The van der Waals surface area contributed by atoms with Gasteiger partial charge in [-0.05, 0) is 30.7 Å². The number of rotatable bonds is 7. The highest BCUT2D eigenvalue weighted by molar-refractivity contribution is 7.98. The van der Waals surface area contributed by atoms with Gasteiger partial charge in [0.15, 0.2) is 5.16 Å². The van der Waals surface area contributed by atoms with Crippen molar-refractivity contribution in [1.29, 1.82) is 0 Å². The van der Waals surface area contributed by atoms with Crippen LogP contribution in [0.1, 0.15) is 11.4 Å². The van der Waals surface area contributed by atoms with Crippen molar-refractivity contribution >= 4 is 34.5 Å². The van der Waals surface area contributed by atoms with Crippen molar-refractivity contribution in [1.82, 2.24) is 24.3 Å². The number of hydrogen-bond acceptors (Lipinski definition) is 8. The van der Waals surface area contributed by atoms with Crippen molar-refractivity contribution in [3.05, 3.63) is 70.3 Å². The Hall–Kier alpha value is -3.70. The van der Waals surface area contributed by atoms with E-state index in [0.717, 1.165) is 30.3 Å². The summed E-state index contributed by atoms with van der Waals surface area (Å²) in [6.45, 7) is 4.50. The van der Waals surface area contributed by atoms with Crippen LogP contribution in [0.15, 0.2) is 58.5 Å². The van der Waals surface area contributed by atoms with E-state index >= 15 is 0 Å². The topological polar surface area (TPSA) is 121 Å². The number of aryl methyl sites for hydroxylation is 1. The van der Waals surface area contributed by atoms with Gasteiger partial charge in [0.1, 0.15) is 12.4 Å². The van der Waals surface area contributed by atoms with E-state index in [4.69, 9.17) is 10.5 Å². The van der Waals surface area contributed by atoms with E-state index in [1.807, 2.05) is 41.8 Å². The lowest BCUT2D eigenvalue weighted by Crippen LogP contribution is -2.38. The molecule has 180 valence electrons. The lowest BCUT2D eigenvalue weighted by molar-refractivity contribution is -0.118. The molecule has 0 atom stereocenters. The maximum absolute atomic E-state index is 13.1. The third-order valence-corrected chi connectivity index (χ3v) is 6.78. The average molecular weight is 492 g/mol. The predicted molar refractivity (Wildman–Crippen MR) is 134 cm³/mol. The predicted octanol–water partition coefficient (Wildman–Crippen LogP) is 1.90. The molecule has 1 aliphatic rings. The van der Waals surface area contributed by atoms with Gasteiger partial charge in [0.05, 0.1) is 35.6 Å². The SMILES string of the molecule is Cc1ccccc1-n1c(SCc2nc3ccccc3c(=O)n2CC(N)=O)nnc1N1CCOCC1. The molecule has 35 heavy (non-hydrogen) atoms. The van der Waals surface area contributed by atoms with Crippen LogP contribution in [0.5, 0.6) is 0 Å². The number of benzene rings is 2. The van der Waals surface area contributed by atoms with Crippen molar-refractivity contribution < 1.29 is 9.53 Å². The first kappa shape index (κ1) is 23.1. The zero-order valence-corrected chi connectivity index (χ0v) is 20.1. The quantitative estimate of drug-likeness (QED) is 0.389. The van der Waals surface area contributed by atoms with Crippen LogP contribution < -0.4 is 16.2 Å². The Bertz CT molecular complexity index is 1440. The van der Waals surface area contributed by atoms with Crippen LogP contribution in [0.25, 0.3) is 16.6 Å². The summed E-state index contributed by atoms with van der Waals surface area (Å²) in [5.74, 6) is 0.893. The van der Waals surface area contributed by atoms with E-state index < -0.39 is 5.91 Å². The molecule has 2 N–H and O–H groups in total. The first-order valence-corrected chi connectivity index (χ1v) is 12.2. The number of para-hydroxylation sites is 2. The Morgan fingerprint density at radius 1 is 1.09 bits per heavy atom. The molecule has 1 amide bonds. The highest BCUT2D eigenvalue weighted by Crippen LogP contribution is 2.30. The maximum Gasteiger partial charge on any atom is 0.261 e. The molecule has 5 rings (SSSR count). The number of fused-ring (bicyclic) bond motifs is 1. The normalized spacial score (nSPS) is 13.9. The number of aromatic nitrogens is 5. The van der Waals surface area contributed by atoms with Gasteiger partial charge in [-0.1, -0.05) is 42.1 Å². The van der Waals surface area contributed by atoms with Crippen LogP contribution in [-0.2, 0) is 21.8 Å². The fourth-order valence-electron chi connectivity index (χ4n) is 4.12. The van der Waals surface area contributed by atoms with Crippen LogP contribution in [-0.4, -0.2) is 56.5 Å². The van der Waals surface area contributed by atoms with Crippen LogP contribution in [0, 0.1) is 6.92 Å². The molecule has 2 aromatic heterocycles. The lowest BCUT2D eigenvalue weighted by Gasteiger charge is -2.28. The molecule has 11 heteroatoms. The Kier molecular flexibility index (Phi) is 6.51. The summed E-state index contributed by atoms with van der Waals surface area (Å²) in [6.07, 6.45) is 0.